The third kappa shape index (κ3) is 5.11. The summed E-state index contributed by atoms with van der Waals surface area (Å²) in [6, 6.07) is 9.84. The molecule has 0 spiro atoms. The van der Waals surface area contributed by atoms with E-state index in [9.17, 15) is 9.90 Å². The lowest BCUT2D eigenvalue weighted by Crippen LogP contribution is -2.56. The molecule has 2 fully saturated rings. The van der Waals surface area contributed by atoms with E-state index >= 15 is 0 Å². The summed E-state index contributed by atoms with van der Waals surface area (Å²) in [5.41, 5.74) is 3.20. The molecule has 0 radical (unpaired) electrons. The van der Waals surface area contributed by atoms with Gasteiger partial charge in [-0.05, 0) is 68.0 Å². The largest absolute Gasteiger partial charge is 0.493 e. The third-order valence-electron chi connectivity index (χ3n) is 7.71. The minimum atomic E-state index is -0.733. The lowest BCUT2D eigenvalue weighted by Gasteiger charge is -2.52. The summed E-state index contributed by atoms with van der Waals surface area (Å²) in [5, 5.41) is 14.7. The third-order valence-corrected chi connectivity index (χ3v) is 7.71. The number of methoxy groups -OCH3 is 3. The van der Waals surface area contributed by atoms with Gasteiger partial charge in [-0.3, -0.25) is 9.69 Å². The van der Waals surface area contributed by atoms with Crippen molar-refractivity contribution in [3.8, 4) is 17.2 Å². The highest BCUT2D eigenvalue weighted by atomic mass is 16.5. The van der Waals surface area contributed by atoms with Crippen molar-refractivity contribution in [3.05, 3.63) is 47.0 Å². The van der Waals surface area contributed by atoms with E-state index in [1.807, 2.05) is 44.2 Å². The predicted molar refractivity (Wildman–Crippen MR) is 136 cm³/mol. The Hall–Kier alpha value is -2.77. The van der Waals surface area contributed by atoms with Crippen LogP contribution in [-0.2, 0) is 4.79 Å². The fourth-order valence-corrected chi connectivity index (χ4v) is 5.88. The summed E-state index contributed by atoms with van der Waals surface area (Å²) < 4.78 is 16.8. The van der Waals surface area contributed by atoms with Gasteiger partial charge in [0.1, 0.15) is 0 Å². The van der Waals surface area contributed by atoms with Crippen molar-refractivity contribution in [2.45, 2.75) is 57.6 Å². The van der Waals surface area contributed by atoms with Crippen molar-refractivity contribution in [2.24, 2.45) is 5.92 Å². The highest BCUT2D eigenvalue weighted by molar-refractivity contribution is 5.93. The van der Waals surface area contributed by atoms with E-state index in [1.54, 1.807) is 21.3 Å². The minimum Gasteiger partial charge on any atom is -0.493 e. The number of rotatable bonds is 7. The summed E-state index contributed by atoms with van der Waals surface area (Å²) in [4.78, 5) is 15.4. The van der Waals surface area contributed by atoms with Gasteiger partial charge in [0.2, 0.25) is 11.7 Å². The highest BCUT2D eigenvalue weighted by Crippen LogP contribution is 2.51. The molecule has 2 aromatic carbocycles. The number of aliphatic hydroxyl groups is 1. The van der Waals surface area contributed by atoms with Crippen LogP contribution in [0.15, 0.2) is 30.3 Å². The standard InChI is InChI=1S/C28H38N2O5/c1-18-9-10-19(2)22(14-18)29-25(31)17-30-13-12-28(32)11-7-6-8-21(28)26(30)20-15-23(33-3)27(35-5)24(16-20)34-4/h9-10,14-16,21,26,32H,6-8,11-13,17H2,1-5H3,(H,29,31)/t21-,26-,28-/m0/s1. The number of ether oxygens (including phenoxy) is 3. The Labute approximate surface area is 208 Å². The van der Waals surface area contributed by atoms with Crippen LogP contribution in [0.4, 0.5) is 5.69 Å². The summed E-state index contributed by atoms with van der Waals surface area (Å²) in [5.74, 6) is 1.64. The van der Waals surface area contributed by atoms with Gasteiger partial charge in [0.05, 0.1) is 33.5 Å². The Kier molecular flexibility index (Phi) is 7.57. The van der Waals surface area contributed by atoms with Crippen molar-refractivity contribution in [2.75, 3.05) is 39.7 Å². The first-order valence-electron chi connectivity index (χ1n) is 12.4. The number of nitrogens with one attached hydrogen (secondary N) is 1. The molecule has 2 aromatic rings. The average Bonchev–Trinajstić information content (AvgIpc) is 2.85. The van der Waals surface area contributed by atoms with Crippen LogP contribution in [0.2, 0.25) is 0 Å². The molecule has 4 rings (SSSR count). The number of nitrogens with zero attached hydrogens (tertiary/aromatic N) is 1. The topological polar surface area (TPSA) is 80.3 Å². The van der Waals surface area contributed by atoms with Crippen LogP contribution in [-0.4, -0.2) is 55.9 Å². The van der Waals surface area contributed by atoms with Gasteiger partial charge in [0.15, 0.2) is 11.5 Å². The second-order valence-corrected chi connectivity index (χ2v) is 9.95. The first-order chi connectivity index (χ1) is 16.8. The maximum Gasteiger partial charge on any atom is 0.238 e. The van der Waals surface area contributed by atoms with Crippen molar-refractivity contribution < 1.29 is 24.1 Å². The van der Waals surface area contributed by atoms with Crippen LogP contribution < -0.4 is 19.5 Å². The number of anilines is 1. The molecule has 0 aromatic heterocycles. The number of carbonyl (C=O) groups excluding carboxylic acids is 1. The number of hydrogen-bond acceptors (Lipinski definition) is 6. The van der Waals surface area contributed by atoms with Gasteiger partial charge in [-0.1, -0.05) is 25.0 Å². The molecule has 2 N–H and O–H groups in total. The average molecular weight is 483 g/mol. The van der Waals surface area contributed by atoms with Crippen LogP contribution in [0, 0.1) is 19.8 Å². The monoisotopic (exact) mass is 482 g/mol. The summed E-state index contributed by atoms with van der Waals surface area (Å²) >= 11 is 0. The summed E-state index contributed by atoms with van der Waals surface area (Å²) in [6.45, 7) is 4.89. The maximum atomic E-state index is 13.2. The van der Waals surface area contributed by atoms with Gasteiger partial charge < -0.3 is 24.6 Å². The predicted octanol–water partition coefficient (Wildman–Crippen LogP) is 4.64. The number of carbonyl (C=O) groups is 1. The van der Waals surface area contributed by atoms with Crippen LogP contribution in [0.3, 0.4) is 0 Å². The van der Waals surface area contributed by atoms with Crippen molar-refractivity contribution in [1.29, 1.82) is 0 Å². The molecule has 7 heteroatoms. The van der Waals surface area contributed by atoms with Gasteiger partial charge >= 0.3 is 0 Å². The van der Waals surface area contributed by atoms with E-state index in [1.165, 1.54) is 0 Å². The molecule has 1 heterocycles. The normalized spacial score (nSPS) is 24.4. The zero-order valence-electron chi connectivity index (χ0n) is 21.5. The molecule has 3 atom stereocenters. The fraction of sp³-hybridized carbons (Fsp3) is 0.536. The van der Waals surface area contributed by atoms with Crippen LogP contribution >= 0.6 is 0 Å². The Morgan fingerprint density at radius 3 is 2.43 bits per heavy atom. The van der Waals surface area contributed by atoms with E-state index in [0.29, 0.717) is 30.2 Å². The molecule has 190 valence electrons. The van der Waals surface area contributed by atoms with Crippen molar-refractivity contribution in [3.63, 3.8) is 0 Å². The van der Waals surface area contributed by atoms with Gasteiger partial charge in [0.25, 0.3) is 0 Å². The molecule has 0 bridgehead atoms. The molecule has 1 saturated carbocycles. The quantitative estimate of drug-likeness (QED) is 0.599. The zero-order valence-corrected chi connectivity index (χ0v) is 21.5. The second kappa shape index (κ2) is 10.5. The van der Waals surface area contributed by atoms with E-state index in [2.05, 4.69) is 10.2 Å². The number of likely N-dealkylation sites (tertiary alicyclic amines) is 1. The minimum absolute atomic E-state index is 0.0151. The summed E-state index contributed by atoms with van der Waals surface area (Å²) in [6.07, 6.45) is 4.46. The summed E-state index contributed by atoms with van der Waals surface area (Å²) in [7, 11) is 4.80. The molecular formula is C28H38N2O5. The van der Waals surface area contributed by atoms with Gasteiger partial charge in [-0.2, -0.15) is 0 Å². The number of aryl methyl sites for hydroxylation is 2. The van der Waals surface area contributed by atoms with Crippen LogP contribution in [0.1, 0.15) is 54.8 Å². The first-order valence-corrected chi connectivity index (χ1v) is 12.4. The van der Waals surface area contributed by atoms with E-state index in [0.717, 1.165) is 48.1 Å². The second-order valence-electron chi connectivity index (χ2n) is 9.95. The van der Waals surface area contributed by atoms with Gasteiger partial charge in [0, 0.05) is 24.2 Å². The smallest absolute Gasteiger partial charge is 0.238 e. The number of piperidine rings is 1. The molecule has 7 nitrogen and oxygen atoms in total. The molecule has 35 heavy (non-hydrogen) atoms. The first kappa shape index (κ1) is 25.3. The highest BCUT2D eigenvalue weighted by Gasteiger charge is 2.49. The number of benzene rings is 2. The van der Waals surface area contributed by atoms with Crippen LogP contribution in [0.25, 0.3) is 0 Å². The van der Waals surface area contributed by atoms with E-state index in [4.69, 9.17) is 14.2 Å². The molecule has 1 amide bonds. The van der Waals surface area contributed by atoms with Crippen molar-refractivity contribution >= 4 is 11.6 Å². The lowest BCUT2D eigenvalue weighted by molar-refractivity contribution is -0.135. The Balaban J connectivity index is 1.68. The Morgan fingerprint density at radius 1 is 1.06 bits per heavy atom. The van der Waals surface area contributed by atoms with Gasteiger partial charge in [-0.15, -0.1) is 0 Å². The molecule has 1 aliphatic heterocycles. The Morgan fingerprint density at radius 2 is 1.77 bits per heavy atom. The van der Waals surface area contributed by atoms with Gasteiger partial charge in [-0.25, -0.2) is 0 Å². The van der Waals surface area contributed by atoms with Crippen molar-refractivity contribution in [1.82, 2.24) is 4.90 Å². The molecule has 1 aliphatic carbocycles. The maximum absolute atomic E-state index is 13.2. The van der Waals surface area contributed by atoms with E-state index in [-0.39, 0.29) is 24.4 Å². The molecule has 1 saturated heterocycles. The molecular weight excluding hydrogens is 444 g/mol. The van der Waals surface area contributed by atoms with E-state index < -0.39 is 5.60 Å². The number of amides is 1. The number of fused-ring (bicyclic) bond motifs is 1. The number of hydrogen-bond donors (Lipinski definition) is 2. The lowest BCUT2D eigenvalue weighted by atomic mass is 9.66. The fourth-order valence-electron chi connectivity index (χ4n) is 5.88. The zero-order chi connectivity index (χ0) is 25.2. The molecule has 0 unspecified atom stereocenters. The van der Waals surface area contributed by atoms with Crippen LogP contribution in [0.5, 0.6) is 17.2 Å². The Bertz CT molecular complexity index is 1050. The molecule has 2 aliphatic rings. The SMILES string of the molecule is COc1cc([C@H]2[C@@H]3CCCC[C@]3(O)CCN2CC(=O)Nc2cc(C)ccc2C)cc(OC)c1OC.